The summed E-state index contributed by atoms with van der Waals surface area (Å²) >= 11 is 0. The maximum Gasteiger partial charge on any atom is 0.135 e. The average molecular weight is 491 g/mol. The van der Waals surface area contributed by atoms with Gasteiger partial charge in [-0.25, -0.2) is 0 Å². The minimum Gasteiger partial charge on any atom is -0.456 e. The van der Waals surface area contributed by atoms with Gasteiger partial charge < -0.3 is 4.42 Å². The second-order valence-electron chi connectivity index (χ2n) is 9.60. The average Bonchev–Trinajstić information content (AvgIpc) is 3.36. The lowest BCUT2D eigenvalue weighted by atomic mass is 9.93. The maximum absolute atomic E-state index is 6.05. The summed E-state index contributed by atoms with van der Waals surface area (Å²) in [5.74, 6) is 0. The van der Waals surface area contributed by atoms with Crippen molar-refractivity contribution in [3.05, 3.63) is 145 Å². The molecule has 1 nitrogen and oxygen atoms in total. The smallest absolute Gasteiger partial charge is 0.135 e. The van der Waals surface area contributed by atoms with Gasteiger partial charge in [0.05, 0.1) is 0 Å². The molecule has 0 bridgehead atoms. The van der Waals surface area contributed by atoms with Crippen molar-refractivity contribution in [2.75, 3.05) is 0 Å². The molecule has 0 fully saturated rings. The van der Waals surface area contributed by atoms with Gasteiger partial charge >= 0.3 is 0 Å². The number of para-hydroxylation sites is 1. The third-order valence-corrected chi connectivity index (χ3v) is 7.27. The molecule has 0 N–H and O–H groups in total. The molecule has 0 spiro atoms. The first-order chi connectivity index (χ1) is 18.7. The van der Waals surface area contributed by atoms with Crippen molar-refractivity contribution in [2.24, 2.45) is 0 Å². The predicted octanol–water partition coefficient (Wildman–Crippen LogP) is 10.8. The fourth-order valence-corrected chi connectivity index (χ4v) is 5.22. The van der Waals surface area contributed by atoms with Crippen molar-refractivity contribution < 1.29 is 4.42 Å². The molecule has 0 atom stereocenters. The van der Waals surface area contributed by atoms with Gasteiger partial charge in [0.1, 0.15) is 11.2 Å². The Bertz CT molecular complexity index is 1800. The monoisotopic (exact) mass is 490 g/mol. The molecule has 6 aromatic rings. The van der Waals surface area contributed by atoms with Crippen LogP contribution >= 0.6 is 0 Å². The van der Waals surface area contributed by atoms with E-state index in [1.807, 2.05) is 12.1 Å². The molecule has 0 saturated heterocycles. The van der Waals surface area contributed by atoms with Gasteiger partial charge in [-0.05, 0) is 88.2 Å². The van der Waals surface area contributed by atoms with Gasteiger partial charge in [0.15, 0.2) is 0 Å². The van der Waals surface area contributed by atoms with Crippen molar-refractivity contribution in [3.63, 3.8) is 0 Å². The van der Waals surface area contributed by atoms with E-state index in [1.165, 1.54) is 49.9 Å². The molecule has 1 aromatic heterocycles. The van der Waals surface area contributed by atoms with Crippen LogP contribution in [0.2, 0.25) is 0 Å². The Morgan fingerprint density at radius 1 is 0.579 bits per heavy atom. The van der Waals surface area contributed by atoms with Gasteiger partial charge in [0.2, 0.25) is 0 Å². The lowest BCUT2D eigenvalue weighted by Crippen LogP contribution is -1.88. The molecular formula is C37H30O. The van der Waals surface area contributed by atoms with Gasteiger partial charge in [-0.2, -0.15) is 0 Å². The van der Waals surface area contributed by atoms with Crippen LogP contribution < -0.4 is 0 Å². The van der Waals surface area contributed by atoms with E-state index in [-0.39, 0.29) is 0 Å². The van der Waals surface area contributed by atoms with E-state index in [2.05, 4.69) is 135 Å². The lowest BCUT2D eigenvalue weighted by Gasteiger charge is -2.11. The zero-order chi connectivity index (χ0) is 25.9. The van der Waals surface area contributed by atoms with E-state index in [1.54, 1.807) is 0 Å². The summed E-state index contributed by atoms with van der Waals surface area (Å²) in [6.07, 6.45) is 5.49. The molecule has 0 aliphatic rings. The summed E-state index contributed by atoms with van der Waals surface area (Å²) in [7, 11) is 0. The predicted molar refractivity (Wildman–Crippen MR) is 163 cm³/mol. The molecule has 184 valence electrons. The van der Waals surface area contributed by atoms with Gasteiger partial charge in [-0.1, -0.05) is 110 Å². The quantitative estimate of drug-likeness (QED) is 0.212. The molecule has 6 rings (SSSR count). The summed E-state index contributed by atoms with van der Waals surface area (Å²) in [5.41, 5.74) is 11.8. The molecule has 0 saturated carbocycles. The second-order valence-corrected chi connectivity index (χ2v) is 9.60. The summed E-state index contributed by atoms with van der Waals surface area (Å²) in [6.45, 7) is 4.34. The number of hydrogen-bond acceptors (Lipinski definition) is 1. The molecule has 5 aromatic carbocycles. The SMILES string of the molecule is C/C=C(\C=C(/CC)c1ccc2oc3ccccc3c2c1)c1cccc(-c2cccc(-c3ccccc3)c2)c1. The highest BCUT2D eigenvalue weighted by molar-refractivity contribution is 6.06. The van der Waals surface area contributed by atoms with Crippen LogP contribution in [0.4, 0.5) is 0 Å². The Balaban J connectivity index is 1.36. The van der Waals surface area contributed by atoms with E-state index in [4.69, 9.17) is 4.42 Å². The number of benzene rings is 5. The number of furan rings is 1. The Kier molecular flexibility index (Phi) is 6.50. The van der Waals surface area contributed by atoms with Gasteiger partial charge in [-0.3, -0.25) is 0 Å². The van der Waals surface area contributed by atoms with Crippen LogP contribution in [0.1, 0.15) is 31.4 Å². The minimum atomic E-state index is 0.932. The van der Waals surface area contributed by atoms with Crippen LogP contribution in [0.15, 0.2) is 138 Å². The fourth-order valence-electron chi connectivity index (χ4n) is 5.22. The summed E-state index contributed by atoms with van der Waals surface area (Å²) in [4.78, 5) is 0. The van der Waals surface area contributed by atoms with Crippen molar-refractivity contribution in [3.8, 4) is 22.3 Å². The van der Waals surface area contributed by atoms with Crippen molar-refractivity contribution in [2.45, 2.75) is 20.3 Å². The first-order valence-electron chi connectivity index (χ1n) is 13.3. The lowest BCUT2D eigenvalue weighted by molar-refractivity contribution is 0.669. The summed E-state index contributed by atoms with van der Waals surface area (Å²) in [5, 5.41) is 2.33. The normalized spacial score (nSPS) is 12.4. The van der Waals surface area contributed by atoms with Crippen LogP contribution in [0, 0.1) is 0 Å². The molecule has 0 aliphatic carbocycles. The van der Waals surface area contributed by atoms with Gasteiger partial charge in [-0.15, -0.1) is 0 Å². The Labute approximate surface area is 224 Å². The summed E-state index contributed by atoms with van der Waals surface area (Å²) < 4.78 is 6.05. The van der Waals surface area contributed by atoms with Crippen LogP contribution in [-0.4, -0.2) is 0 Å². The van der Waals surface area contributed by atoms with E-state index >= 15 is 0 Å². The molecule has 38 heavy (non-hydrogen) atoms. The molecule has 0 amide bonds. The highest BCUT2D eigenvalue weighted by Gasteiger charge is 2.10. The van der Waals surface area contributed by atoms with Crippen LogP contribution in [-0.2, 0) is 0 Å². The number of hydrogen-bond donors (Lipinski definition) is 0. The fraction of sp³-hybridized carbons (Fsp3) is 0.0811. The van der Waals surface area contributed by atoms with E-state index in [9.17, 15) is 0 Å². The minimum absolute atomic E-state index is 0.932. The van der Waals surface area contributed by atoms with Crippen LogP contribution in [0.5, 0.6) is 0 Å². The third kappa shape index (κ3) is 4.60. The zero-order valence-electron chi connectivity index (χ0n) is 21.8. The molecular weight excluding hydrogens is 460 g/mol. The van der Waals surface area contributed by atoms with E-state index < -0.39 is 0 Å². The van der Waals surface area contributed by atoms with Crippen LogP contribution in [0.3, 0.4) is 0 Å². The maximum atomic E-state index is 6.05. The van der Waals surface area contributed by atoms with E-state index in [0.717, 1.165) is 23.0 Å². The highest BCUT2D eigenvalue weighted by Crippen LogP contribution is 2.34. The molecule has 1 heterocycles. The Hall–Kier alpha value is -4.62. The topological polar surface area (TPSA) is 13.1 Å². The molecule has 1 heteroatoms. The number of fused-ring (bicyclic) bond motifs is 3. The zero-order valence-corrected chi connectivity index (χ0v) is 21.8. The van der Waals surface area contributed by atoms with Crippen LogP contribution in [0.25, 0.3) is 55.3 Å². The van der Waals surface area contributed by atoms with Crippen molar-refractivity contribution in [1.29, 1.82) is 0 Å². The Morgan fingerprint density at radius 2 is 1.24 bits per heavy atom. The summed E-state index contributed by atoms with van der Waals surface area (Å²) in [6, 6.07) is 43.0. The highest BCUT2D eigenvalue weighted by atomic mass is 16.3. The molecule has 0 aliphatic heterocycles. The third-order valence-electron chi connectivity index (χ3n) is 7.27. The number of allylic oxidation sites excluding steroid dienone is 4. The second kappa shape index (κ2) is 10.4. The van der Waals surface area contributed by atoms with E-state index in [0.29, 0.717) is 0 Å². The Morgan fingerprint density at radius 3 is 2.03 bits per heavy atom. The van der Waals surface area contributed by atoms with Gasteiger partial charge in [0.25, 0.3) is 0 Å². The molecule has 0 unspecified atom stereocenters. The number of rotatable bonds is 6. The first-order valence-corrected chi connectivity index (χ1v) is 13.3. The van der Waals surface area contributed by atoms with Gasteiger partial charge in [0, 0.05) is 10.8 Å². The first kappa shape index (κ1) is 23.8. The van der Waals surface area contributed by atoms with Crippen molar-refractivity contribution in [1.82, 2.24) is 0 Å². The standard InChI is InChI=1S/C37H30O/c1-3-26(22-27(4-2)33-20-21-37-35(25-33)34-18-8-9-19-36(34)38-37)29-14-10-16-31(23-29)32-17-11-15-30(24-32)28-12-6-5-7-13-28/h3,5-25H,4H2,1-2H3/b26-3+,27-22+. The largest absolute Gasteiger partial charge is 0.456 e. The molecule has 0 radical (unpaired) electrons. The van der Waals surface area contributed by atoms with Crippen molar-refractivity contribution >= 4 is 33.1 Å².